The molecule has 19 heavy (non-hydrogen) atoms. The Morgan fingerprint density at radius 1 is 1.21 bits per heavy atom. The second-order valence-corrected chi connectivity index (χ2v) is 5.50. The zero-order valence-electron chi connectivity index (χ0n) is 10.5. The van der Waals surface area contributed by atoms with Gasteiger partial charge in [-0.25, -0.2) is 9.37 Å². The SMILES string of the molecule is Cc1ccc2nc(NCc3cccc(F)c3)sc2c1. The van der Waals surface area contributed by atoms with Crippen molar-refractivity contribution in [2.45, 2.75) is 13.5 Å². The van der Waals surface area contributed by atoms with E-state index < -0.39 is 0 Å². The summed E-state index contributed by atoms with van der Waals surface area (Å²) in [5.74, 6) is -0.209. The van der Waals surface area contributed by atoms with Gasteiger partial charge >= 0.3 is 0 Å². The molecule has 0 amide bonds. The molecule has 0 saturated carbocycles. The summed E-state index contributed by atoms with van der Waals surface area (Å²) in [5, 5.41) is 4.10. The Labute approximate surface area is 114 Å². The van der Waals surface area contributed by atoms with Crippen molar-refractivity contribution in [1.82, 2.24) is 4.98 Å². The van der Waals surface area contributed by atoms with E-state index in [9.17, 15) is 4.39 Å². The van der Waals surface area contributed by atoms with E-state index in [-0.39, 0.29) is 5.82 Å². The molecule has 0 aliphatic carbocycles. The molecule has 0 saturated heterocycles. The lowest BCUT2D eigenvalue weighted by Gasteiger charge is -2.02. The van der Waals surface area contributed by atoms with Crippen LogP contribution in [0.4, 0.5) is 9.52 Å². The van der Waals surface area contributed by atoms with Crippen LogP contribution in [0, 0.1) is 12.7 Å². The Bertz CT molecular complexity index is 721. The quantitative estimate of drug-likeness (QED) is 0.766. The van der Waals surface area contributed by atoms with Crippen LogP contribution < -0.4 is 5.32 Å². The van der Waals surface area contributed by atoms with Crippen molar-refractivity contribution in [1.29, 1.82) is 0 Å². The van der Waals surface area contributed by atoms with Crippen molar-refractivity contribution in [3.63, 3.8) is 0 Å². The van der Waals surface area contributed by atoms with Crippen LogP contribution in [0.2, 0.25) is 0 Å². The molecule has 1 N–H and O–H groups in total. The van der Waals surface area contributed by atoms with Gasteiger partial charge in [-0.15, -0.1) is 0 Å². The number of fused-ring (bicyclic) bond motifs is 1. The Morgan fingerprint density at radius 2 is 2.11 bits per heavy atom. The fourth-order valence-electron chi connectivity index (χ4n) is 1.93. The standard InChI is InChI=1S/C15H13FN2S/c1-10-5-6-13-14(7-10)19-15(18-13)17-9-11-3-2-4-12(16)8-11/h2-8H,9H2,1H3,(H,17,18). The van der Waals surface area contributed by atoms with E-state index in [4.69, 9.17) is 0 Å². The Balaban J connectivity index is 1.78. The van der Waals surface area contributed by atoms with Crippen molar-refractivity contribution in [2.75, 3.05) is 5.32 Å². The molecule has 0 fully saturated rings. The minimum absolute atomic E-state index is 0.209. The lowest BCUT2D eigenvalue weighted by Crippen LogP contribution is -1.98. The molecule has 3 aromatic rings. The molecule has 3 rings (SSSR count). The Hall–Kier alpha value is -1.94. The summed E-state index contributed by atoms with van der Waals surface area (Å²) in [6.07, 6.45) is 0. The zero-order valence-corrected chi connectivity index (χ0v) is 11.3. The fraction of sp³-hybridized carbons (Fsp3) is 0.133. The van der Waals surface area contributed by atoms with Gasteiger partial charge in [0.25, 0.3) is 0 Å². The summed E-state index contributed by atoms with van der Waals surface area (Å²) in [5.41, 5.74) is 3.14. The van der Waals surface area contributed by atoms with Gasteiger partial charge in [-0.1, -0.05) is 29.5 Å². The predicted molar refractivity (Wildman–Crippen MR) is 78.1 cm³/mol. The number of hydrogen-bond donors (Lipinski definition) is 1. The summed E-state index contributed by atoms with van der Waals surface area (Å²) >= 11 is 1.62. The van der Waals surface area contributed by atoms with Crippen LogP contribution in [0.25, 0.3) is 10.2 Å². The number of hydrogen-bond acceptors (Lipinski definition) is 3. The van der Waals surface area contributed by atoms with Gasteiger partial charge in [-0.05, 0) is 42.3 Å². The van der Waals surface area contributed by atoms with Gasteiger partial charge in [-0.2, -0.15) is 0 Å². The maximum Gasteiger partial charge on any atom is 0.184 e. The molecule has 2 nitrogen and oxygen atoms in total. The smallest absolute Gasteiger partial charge is 0.184 e. The van der Waals surface area contributed by atoms with Crippen LogP contribution >= 0.6 is 11.3 Å². The van der Waals surface area contributed by atoms with E-state index in [2.05, 4.69) is 29.4 Å². The molecule has 0 spiro atoms. The molecule has 0 aliphatic rings. The van der Waals surface area contributed by atoms with Gasteiger partial charge in [0.05, 0.1) is 10.2 Å². The zero-order chi connectivity index (χ0) is 13.2. The third-order valence-electron chi connectivity index (χ3n) is 2.88. The average molecular weight is 272 g/mol. The largest absolute Gasteiger partial charge is 0.357 e. The van der Waals surface area contributed by atoms with E-state index in [1.807, 2.05) is 12.1 Å². The third kappa shape index (κ3) is 2.74. The molecule has 0 aliphatic heterocycles. The van der Waals surface area contributed by atoms with Crippen LogP contribution in [0.1, 0.15) is 11.1 Å². The van der Waals surface area contributed by atoms with Crippen molar-refractivity contribution in [3.8, 4) is 0 Å². The number of aryl methyl sites for hydroxylation is 1. The highest BCUT2D eigenvalue weighted by Crippen LogP contribution is 2.26. The number of nitrogens with one attached hydrogen (secondary N) is 1. The summed E-state index contributed by atoms with van der Waals surface area (Å²) in [6.45, 7) is 2.65. The number of aromatic nitrogens is 1. The summed E-state index contributed by atoms with van der Waals surface area (Å²) in [7, 11) is 0. The highest BCUT2D eigenvalue weighted by Gasteiger charge is 2.03. The van der Waals surface area contributed by atoms with Gasteiger partial charge in [0.2, 0.25) is 0 Å². The molecular formula is C15H13FN2S. The first kappa shape index (κ1) is 12.1. The average Bonchev–Trinajstić information content (AvgIpc) is 2.78. The molecule has 4 heteroatoms. The van der Waals surface area contributed by atoms with E-state index >= 15 is 0 Å². The topological polar surface area (TPSA) is 24.9 Å². The first-order valence-corrected chi connectivity index (χ1v) is 6.88. The van der Waals surface area contributed by atoms with Crippen LogP contribution in [-0.2, 0) is 6.54 Å². The highest BCUT2D eigenvalue weighted by atomic mass is 32.1. The minimum atomic E-state index is -0.209. The number of thiazole rings is 1. The van der Waals surface area contributed by atoms with Crippen LogP contribution in [-0.4, -0.2) is 4.98 Å². The second kappa shape index (κ2) is 4.97. The molecule has 1 aromatic heterocycles. The molecule has 0 atom stereocenters. The Kier molecular flexibility index (Phi) is 3.17. The maximum atomic E-state index is 13.1. The highest BCUT2D eigenvalue weighted by molar-refractivity contribution is 7.22. The number of benzene rings is 2. The maximum absolute atomic E-state index is 13.1. The fourth-order valence-corrected chi connectivity index (χ4v) is 2.89. The Morgan fingerprint density at radius 3 is 2.95 bits per heavy atom. The normalized spacial score (nSPS) is 10.8. The molecule has 96 valence electrons. The number of halogens is 1. The van der Waals surface area contributed by atoms with Crippen LogP contribution in [0.3, 0.4) is 0 Å². The minimum Gasteiger partial charge on any atom is -0.357 e. The van der Waals surface area contributed by atoms with Crippen molar-refractivity contribution in [2.24, 2.45) is 0 Å². The number of anilines is 1. The van der Waals surface area contributed by atoms with Crippen molar-refractivity contribution < 1.29 is 4.39 Å². The van der Waals surface area contributed by atoms with E-state index in [0.717, 1.165) is 16.2 Å². The summed E-state index contributed by atoms with van der Waals surface area (Å²) in [4.78, 5) is 4.50. The summed E-state index contributed by atoms with van der Waals surface area (Å²) < 4.78 is 14.2. The van der Waals surface area contributed by atoms with Crippen LogP contribution in [0.15, 0.2) is 42.5 Å². The van der Waals surface area contributed by atoms with Gasteiger partial charge in [0.1, 0.15) is 5.82 Å². The molecular weight excluding hydrogens is 259 g/mol. The number of nitrogens with zero attached hydrogens (tertiary/aromatic N) is 1. The monoisotopic (exact) mass is 272 g/mol. The van der Waals surface area contributed by atoms with Gasteiger partial charge in [0, 0.05) is 6.54 Å². The molecule has 0 radical (unpaired) electrons. The first-order valence-electron chi connectivity index (χ1n) is 6.06. The first-order chi connectivity index (χ1) is 9.20. The lowest BCUT2D eigenvalue weighted by atomic mass is 10.2. The van der Waals surface area contributed by atoms with Gasteiger partial charge in [0.15, 0.2) is 5.13 Å². The van der Waals surface area contributed by atoms with Crippen molar-refractivity contribution in [3.05, 3.63) is 59.4 Å². The lowest BCUT2D eigenvalue weighted by molar-refractivity contribution is 0.626. The molecule has 2 aromatic carbocycles. The molecule has 1 heterocycles. The van der Waals surface area contributed by atoms with E-state index in [1.54, 1.807) is 17.4 Å². The van der Waals surface area contributed by atoms with Gasteiger partial charge in [-0.3, -0.25) is 0 Å². The summed E-state index contributed by atoms with van der Waals surface area (Å²) in [6, 6.07) is 12.8. The van der Waals surface area contributed by atoms with E-state index in [1.165, 1.54) is 22.4 Å². The predicted octanol–water partition coefficient (Wildman–Crippen LogP) is 4.36. The van der Waals surface area contributed by atoms with Gasteiger partial charge < -0.3 is 5.32 Å². The third-order valence-corrected chi connectivity index (χ3v) is 3.85. The van der Waals surface area contributed by atoms with Crippen molar-refractivity contribution >= 4 is 26.7 Å². The second-order valence-electron chi connectivity index (χ2n) is 4.47. The molecule has 0 unspecified atom stereocenters. The molecule has 0 bridgehead atoms. The number of rotatable bonds is 3. The van der Waals surface area contributed by atoms with E-state index in [0.29, 0.717) is 6.54 Å². The van der Waals surface area contributed by atoms with Crippen LogP contribution in [0.5, 0.6) is 0 Å².